The second-order valence-corrected chi connectivity index (χ2v) is 4.81. The minimum Gasteiger partial charge on any atom is -0.319 e. The van der Waals surface area contributed by atoms with Gasteiger partial charge in [-0.05, 0) is 57.1 Å². The Labute approximate surface area is 113 Å². The van der Waals surface area contributed by atoms with E-state index in [1.54, 1.807) is 0 Å². The Morgan fingerprint density at radius 1 is 1.33 bits per heavy atom. The summed E-state index contributed by atoms with van der Waals surface area (Å²) in [6, 6.07) is 5.91. The summed E-state index contributed by atoms with van der Waals surface area (Å²) in [6.07, 6.45) is 2.93. The first-order chi connectivity index (χ1) is 8.65. The first-order valence-corrected chi connectivity index (χ1v) is 6.46. The molecule has 0 radical (unpaired) electrons. The molecular weight excluding hydrogens is 246 g/mol. The zero-order valence-electron chi connectivity index (χ0n) is 11.0. The largest absolute Gasteiger partial charge is 0.319 e. The minimum atomic E-state index is 0.777. The minimum absolute atomic E-state index is 0.777. The van der Waals surface area contributed by atoms with Gasteiger partial charge in [0, 0.05) is 10.7 Å². The highest BCUT2D eigenvalue weighted by molar-refractivity contribution is 6.31. The number of nitrogens with one attached hydrogen (secondary N) is 1. The van der Waals surface area contributed by atoms with Crippen LogP contribution in [-0.4, -0.2) is 23.4 Å². The molecule has 0 aliphatic rings. The molecule has 3 nitrogen and oxygen atoms in total. The third-order valence-corrected chi connectivity index (χ3v) is 3.63. The van der Waals surface area contributed by atoms with Crippen molar-refractivity contribution in [1.29, 1.82) is 0 Å². The Morgan fingerprint density at radius 2 is 2.11 bits per heavy atom. The molecule has 0 saturated carbocycles. The Hall–Kier alpha value is -1.32. The standard InChI is InChI=1S/C14H18ClN3/c1-10-13(15)5-4-6-14(10)18-11(2)12(9-17-18)7-8-16-3/h4-6,9,16H,7-8H2,1-3H3. The lowest BCUT2D eigenvalue weighted by Gasteiger charge is -2.10. The van der Waals surface area contributed by atoms with Crippen LogP contribution in [0.3, 0.4) is 0 Å². The summed E-state index contributed by atoms with van der Waals surface area (Å²) >= 11 is 6.16. The number of rotatable bonds is 4. The van der Waals surface area contributed by atoms with E-state index in [-0.39, 0.29) is 0 Å². The highest BCUT2D eigenvalue weighted by atomic mass is 35.5. The van der Waals surface area contributed by atoms with Crippen molar-refractivity contribution in [2.24, 2.45) is 0 Å². The van der Waals surface area contributed by atoms with E-state index in [4.69, 9.17) is 11.6 Å². The number of likely N-dealkylation sites (N-methyl/N-ethyl adjacent to an activating group) is 1. The van der Waals surface area contributed by atoms with Gasteiger partial charge in [-0.1, -0.05) is 17.7 Å². The Kier molecular flexibility index (Phi) is 4.04. The van der Waals surface area contributed by atoms with Gasteiger partial charge < -0.3 is 5.32 Å². The fourth-order valence-electron chi connectivity index (χ4n) is 2.02. The number of halogens is 1. The topological polar surface area (TPSA) is 29.9 Å². The van der Waals surface area contributed by atoms with Crippen LogP contribution in [0.1, 0.15) is 16.8 Å². The third-order valence-electron chi connectivity index (χ3n) is 3.22. The Bertz CT molecular complexity index is 546. The zero-order chi connectivity index (χ0) is 13.1. The van der Waals surface area contributed by atoms with Crippen molar-refractivity contribution in [1.82, 2.24) is 15.1 Å². The molecule has 1 heterocycles. The van der Waals surface area contributed by atoms with E-state index in [0.717, 1.165) is 29.2 Å². The summed E-state index contributed by atoms with van der Waals surface area (Å²) in [5.41, 5.74) is 4.56. The maximum atomic E-state index is 6.16. The predicted octanol–water partition coefficient (Wildman–Crippen LogP) is 2.90. The quantitative estimate of drug-likeness (QED) is 0.919. The molecule has 0 amide bonds. The van der Waals surface area contributed by atoms with Crippen LogP contribution in [0, 0.1) is 13.8 Å². The molecule has 96 valence electrons. The first-order valence-electron chi connectivity index (χ1n) is 6.08. The molecule has 2 aromatic rings. The Morgan fingerprint density at radius 3 is 2.83 bits per heavy atom. The average molecular weight is 264 g/mol. The summed E-state index contributed by atoms with van der Waals surface area (Å²) in [5.74, 6) is 0. The van der Waals surface area contributed by atoms with Gasteiger partial charge in [-0.3, -0.25) is 0 Å². The fourth-order valence-corrected chi connectivity index (χ4v) is 2.19. The van der Waals surface area contributed by atoms with Crippen molar-refractivity contribution in [2.45, 2.75) is 20.3 Å². The molecule has 0 atom stereocenters. The van der Waals surface area contributed by atoms with Crippen molar-refractivity contribution in [2.75, 3.05) is 13.6 Å². The lowest BCUT2D eigenvalue weighted by molar-refractivity contribution is 0.784. The van der Waals surface area contributed by atoms with Crippen LogP contribution in [0.25, 0.3) is 5.69 Å². The molecule has 0 aliphatic heterocycles. The smallest absolute Gasteiger partial charge is 0.0692 e. The molecule has 18 heavy (non-hydrogen) atoms. The zero-order valence-corrected chi connectivity index (χ0v) is 11.8. The number of aromatic nitrogens is 2. The molecular formula is C14H18ClN3. The summed E-state index contributed by atoms with van der Waals surface area (Å²) in [5, 5.41) is 8.40. The normalized spacial score (nSPS) is 10.9. The van der Waals surface area contributed by atoms with Gasteiger partial charge in [-0.2, -0.15) is 5.10 Å². The number of benzene rings is 1. The molecule has 0 spiro atoms. The first kappa shape index (κ1) is 13.1. The van der Waals surface area contributed by atoms with Gasteiger partial charge in [0.2, 0.25) is 0 Å². The van der Waals surface area contributed by atoms with E-state index in [2.05, 4.69) is 17.3 Å². The predicted molar refractivity (Wildman–Crippen MR) is 75.7 cm³/mol. The van der Waals surface area contributed by atoms with Crippen molar-refractivity contribution in [3.8, 4) is 5.69 Å². The maximum absolute atomic E-state index is 6.16. The van der Waals surface area contributed by atoms with Gasteiger partial charge >= 0.3 is 0 Å². The van der Waals surface area contributed by atoms with Gasteiger partial charge in [-0.25, -0.2) is 4.68 Å². The summed E-state index contributed by atoms with van der Waals surface area (Å²) in [6.45, 7) is 5.07. The van der Waals surface area contributed by atoms with Crippen LogP contribution in [0.2, 0.25) is 5.02 Å². The van der Waals surface area contributed by atoms with E-state index in [1.165, 1.54) is 11.3 Å². The van der Waals surface area contributed by atoms with Gasteiger partial charge in [0.15, 0.2) is 0 Å². The third kappa shape index (κ3) is 2.42. The molecule has 0 bridgehead atoms. The van der Waals surface area contributed by atoms with Gasteiger partial charge in [0.1, 0.15) is 0 Å². The number of hydrogen-bond donors (Lipinski definition) is 1. The molecule has 1 aromatic heterocycles. The van der Waals surface area contributed by atoms with Crippen molar-refractivity contribution in [3.05, 3.63) is 46.2 Å². The second-order valence-electron chi connectivity index (χ2n) is 4.40. The monoisotopic (exact) mass is 263 g/mol. The maximum Gasteiger partial charge on any atom is 0.0692 e. The van der Waals surface area contributed by atoms with E-state index in [0.29, 0.717) is 0 Å². The molecule has 0 aliphatic carbocycles. The molecule has 0 unspecified atom stereocenters. The lowest BCUT2D eigenvalue weighted by atomic mass is 10.1. The summed E-state index contributed by atoms with van der Waals surface area (Å²) in [7, 11) is 1.96. The summed E-state index contributed by atoms with van der Waals surface area (Å²) < 4.78 is 1.96. The molecule has 2 rings (SSSR count). The lowest BCUT2D eigenvalue weighted by Crippen LogP contribution is -2.11. The SMILES string of the molecule is CNCCc1cnn(-c2cccc(Cl)c2C)c1C. The fraction of sp³-hybridized carbons (Fsp3) is 0.357. The highest BCUT2D eigenvalue weighted by Crippen LogP contribution is 2.23. The van der Waals surface area contributed by atoms with Crippen molar-refractivity contribution < 1.29 is 0 Å². The van der Waals surface area contributed by atoms with Crippen LogP contribution >= 0.6 is 11.6 Å². The number of nitrogens with zero attached hydrogens (tertiary/aromatic N) is 2. The van der Waals surface area contributed by atoms with E-state index in [9.17, 15) is 0 Å². The van der Waals surface area contributed by atoms with Crippen LogP contribution in [0.5, 0.6) is 0 Å². The van der Waals surface area contributed by atoms with Crippen molar-refractivity contribution in [3.63, 3.8) is 0 Å². The van der Waals surface area contributed by atoms with Crippen molar-refractivity contribution >= 4 is 11.6 Å². The summed E-state index contributed by atoms with van der Waals surface area (Å²) in [4.78, 5) is 0. The molecule has 0 saturated heterocycles. The van der Waals surface area contributed by atoms with Crippen LogP contribution in [0.15, 0.2) is 24.4 Å². The van der Waals surface area contributed by atoms with Crippen LogP contribution in [-0.2, 0) is 6.42 Å². The van der Waals surface area contributed by atoms with E-state index < -0.39 is 0 Å². The van der Waals surface area contributed by atoms with E-state index >= 15 is 0 Å². The van der Waals surface area contributed by atoms with Crippen LogP contribution < -0.4 is 5.32 Å². The molecule has 1 aromatic carbocycles. The van der Waals surface area contributed by atoms with Gasteiger partial charge in [-0.15, -0.1) is 0 Å². The van der Waals surface area contributed by atoms with E-state index in [1.807, 2.05) is 43.0 Å². The second kappa shape index (κ2) is 5.55. The molecule has 4 heteroatoms. The number of hydrogen-bond acceptors (Lipinski definition) is 2. The highest BCUT2D eigenvalue weighted by Gasteiger charge is 2.10. The average Bonchev–Trinajstić information content (AvgIpc) is 2.72. The van der Waals surface area contributed by atoms with Crippen LogP contribution in [0.4, 0.5) is 0 Å². The molecule has 1 N–H and O–H groups in total. The molecule has 0 fully saturated rings. The Balaban J connectivity index is 2.39. The van der Waals surface area contributed by atoms with Gasteiger partial charge in [0.05, 0.1) is 11.9 Å². The van der Waals surface area contributed by atoms with Gasteiger partial charge in [0.25, 0.3) is 0 Å².